The van der Waals surface area contributed by atoms with E-state index in [0.717, 1.165) is 5.56 Å². The molecule has 110 valence electrons. The van der Waals surface area contributed by atoms with Crippen LogP contribution in [-0.2, 0) is 20.7 Å². The normalized spacial score (nSPS) is 10.1. The molecule has 2 amide bonds. The molecule has 0 unspecified atom stereocenters. The number of hydrogen-bond acceptors (Lipinski definition) is 4. The molecule has 0 atom stereocenters. The fourth-order valence-corrected chi connectivity index (χ4v) is 1.63. The third-order valence-electron chi connectivity index (χ3n) is 2.71. The molecule has 0 aliphatic heterocycles. The zero-order chi connectivity index (χ0) is 14.8. The van der Waals surface area contributed by atoms with Crippen LogP contribution >= 0.6 is 0 Å². The second-order valence-electron chi connectivity index (χ2n) is 4.32. The minimum Gasteiger partial charge on any atom is -0.398 e. The van der Waals surface area contributed by atoms with Gasteiger partial charge in [0.05, 0.1) is 13.0 Å². The van der Waals surface area contributed by atoms with Gasteiger partial charge in [0.25, 0.3) is 0 Å². The number of benzene rings is 1. The van der Waals surface area contributed by atoms with Gasteiger partial charge in [0.15, 0.2) is 0 Å². The largest absolute Gasteiger partial charge is 0.398 e. The van der Waals surface area contributed by atoms with Crippen molar-refractivity contribution in [3.63, 3.8) is 0 Å². The molecule has 4 N–H and O–H groups in total. The van der Waals surface area contributed by atoms with Crippen LogP contribution in [0.15, 0.2) is 24.3 Å². The average molecular weight is 279 g/mol. The molecule has 6 heteroatoms. The van der Waals surface area contributed by atoms with Crippen LogP contribution in [0.4, 0.5) is 5.69 Å². The smallest absolute Gasteiger partial charge is 0.224 e. The van der Waals surface area contributed by atoms with Crippen molar-refractivity contribution in [1.82, 2.24) is 10.6 Å². The molecule has 0 fully saturated rings. The zero-order valence-corrected chi connectivity index (χ0v) is 11.6. The lowest BCUT2D eigenvalue weighted by molar-refractivity contribution is -0.122. The average Bonchev–Trinajstić information content (AvgIpc) is 2.42. The summed E-state index contributed by atoms with van der Waals surface area (Å²) in [6, 6.07) is 7.22. The number of carbonyl (C=O) groups is 2. The lowest BCUT2D eigenvalue weighted by Crippen LogP contribution is -2.32. The van der Waals surface area contributed by atoms with E-state index in [1.807, 2.05) is 18.2 Å². The van der Waals surface area contributed by atoms with Crippen molar-refractivity contribution >= 4 is 17.5 Å². The first-order valence-electron chi connectivity index (χ1n) is 6.49. The Hall–Kier alpha value is -2.08. The summed E-state index contributed by atoms with van der Waals surface area (Å²) in [5, 5.41) is 5.37. The van der Waals surface area contributed by atoms with Gasteiger partial charge in [-0.15, -0.1) is 0 Å². The predicted molar refractivity (Wildman–Crippen MR) is 77.1 cm³/mol. The van der Waals surface area contributed by atoms with Gasteiger partial charge in [-0.25, -0.2) is 0 Å². The second-order valence-corrected chi connectivity index (χ2v) is 4.32. The fraction of sp³-hybridized carbons (Fsp3) is 0.429. The highest BCUT2D eigenvalue weighted by Gasteiger charge is 2.06. The van der Waals surface area contributed by atoms with Crippen LogP contribution in [0, 0.1) is 0 Å². The summed E-state index contributed by atoms with van der Waals surface area (Å²) in [6.45, 7) is 1.26. The van der Waals surface area contributed by atoms with Crippen LogP contribution < -0.4 is 16.4 Å². The molecule has 1 aromatic rings. The fourth-order valence-electron chi connectivity index (χ4n) is 1.63. The highest BCUT2D eigenvalue weighted by molar-refractivity contribution is 5.81. The van der Waals surface area contributed by atoms with Crippen molar-refractivity contribution in [2.24, 2.45) is 0 Å². The molecule has 6 nitrogen and oxygen atoms in total. The number of para-hydroxylation sites is 1. The van der Waals surface area contributed by atoms with E-state index in [9.17, 15) is 9.59 Å². The summed E-state index contributed by atoms with van der Waals surface area (Å²) < 4.78 is 4.82. The summed E-state index contributed by atoms with van der Waals surface area (Å²) in [5.74, 6) is -0.255. The predicted octanol–water partition coefficient (Wildman–Crippen LogP) is 0.0802. The van der Waals surface area contributed by atoms with Crippen molar-refractivity contribution in [1.29, 1.82) is 0 Å². The van der Waals surface area contributed by atoms with Gasteiger partial charge in [-0.3, -0.25) is 9.59 Å². The Morgan fingerprint density at radius 1 is 1.15 bits per heavy atom. The van der Waals surface area contributed by atoms with Gasteiger partial charge in [-0.1, -0.05) is 18.2 Å². The molecule has 0 aliphatic carbocycles. The topological polar surface area (TPSA) is 93.5 Å². The molecule has 0 saturated heterocycles. The minimum absolute atomic E-state index is 0.110. The third-order valence-corrected chi connectivity index (χ3v) is 2.71. The van der Waals surface area contributed by atoms with Gasteiger partial charge < -0.3 is 21.1 Å². The van der Waals surface area contributed by atoms with Crippen molar-refractivity contribution in [3.8, 4) is 0 Å². The molecule has 0 aliphatic rings. The Bertz CT molecular complexity index is 449. The highest BCUT2D eigenvalue weighted by Crippen LogP contribution is 2.10. The van der Waals surface area contributed by atoms with E-state index < -0.39 is 0 Å². The first-order chi connectivity index (χ1) is 9.63. The number of carbonyl (C=O) groups excluding carboxylic acids is 2. The van der Waals surface area contributed by atoms with Crippen molar-refractivity contribution in [2.45, 2.75) is 12.8 Å². The molecule has 0 radical (unpaired) electrons. The van der Waals surface area contributed by atoms with Crippen LogP contribution in [0.2, 0.25) is 0 Å². The monoisotopic (exact) mass is 279 g/mol. The number of amides is 2. The summed E-state index contributed by atoms with van der Waals surface area (Å²) >= 11 is 0. The Balaban J connectivity index is 2.20. The minimum atomic E-state index is -0.146. The van der Waals surface area contributed by atoms with Gasteiger partial charge >= 0.3 is 0 Å². The highest BCUT2D eigenvalue weighted by atomic mass is 16.5. The molecule has 0 saturated carbocycles. The molecular weight excluding hydrogens is 258 g/mol. The van der Waals surface area contributed by atoms with E-state index in [1.165, 1.54) is 0 Å². The number of ether oxygens (including phenoxy) is 1. The summed E-state index contributed by atoms with van der Waals surface area (Å²) in [4.78, 5) is 23.1. The van der Waals surface area contributed by atoms with Crippen LogP contribution in [0.25, 0.3) is 0 Å². The van der Waals surface area contributed by atoms with Gasteiger partial charge in [-0.05, 0) is 11.6 Å². The van der Waals surface area contributed by atoms with Gasteiger partial charge in [0, 0.05) is 32.3 Å². The molecule has 0 spiro atoms. The molecule has 1 aromatic carbocycles. The summed E-state index contributed by atoms with van der Waals surface area (Å²) in [6.07, 6.45) is 0.470. The van der Waals surface area contributed by atoms with Gasteiger partial charge in [0.1, 0.15) is 0 Å². The molecule has 0 bridgehead atoms. The molecule has 0 heterocycles. The van der Waals surface area contributed by atoms with Gasteiger partial charge in [0.2, 0.25) is 11.8 Å². The first kappa shape index (κ1) is 16.0. The third kappa shape index (κ3) is 6.19. The van der Waals surface area contributed by atoms with Crippen LogP contribution in [0.1, 0.15) is 12.0 Å². The van der Waals surface area contributed by atoms with Crippen molar-refractivity contribution in [3.05, 3.63) is 29.8 Å². The van der Waals surface area contributed by atoms with E-state index in [2.05, 4.69) is 10.6 Å². The van der Waals surface area contributed by atoms with Gasteiger partial charge in [-0.2, -0.15) is 0 Å². The van der Waals surface area contributed by atoms with E-state index in [-0.39, 0.29) is 24.7 Å². The number of rotatable bonds is 8. The van der Waals surface area contributed by atoms with Crippen LogP contribution in [0.5, 0.6) is 0 Å². The van der Waals surface area contributed by atoms with Crippen molar-refractivity contribution < 1.29 is 14.3 Å². The molecule has 1 rings (SSSR count). The van der Waals surface area contributed by atoms with Crippen molar-refractivity contribution in [2.75, 3.05) is 32.5 Å². The van der Waals surface area contributed by atoms with Crippen LogP contribution in [-0.4, -0.2) is 38.6 Å². The van der Waals surface area contributed by atoms with E-state index in [0.29, 0.717) is 25.4 Å². The quantitative estimate of drug-likeness (QED) is 0.464. The Labute approximate surface area is 118 Å². The molecule has 20 heavy (non-hydrogen) atoms. The van der Waals surface area contributed by atoms with Crippen LogP contribution in [0.3, 0.4) is 0 Å². The summed E-state index contributed by atoms with van der Waals surface area (Å²) in [7, 11) is 1.57. The SMILES string of the molecule is COCCNC(=O)CCNC(=O)Cc1ccccc1N. The number of nitrogens with two attached hydrogens (primary N) is 1. The Morgan fingerprint density at radius 3 is 2.55 bits per heavy atom. The zero-order valence-electron chi connectivity index (χ0n) is 11.6. The molecular formula is C14H21N3O3. The number of methoxy groups -OCH3 is 1. The number of nitrogen functional groups attached to an aromatic ring is 1. The standard InChI is InChI=1S/C14H21N3O3/c1-20-9-8-17-13(18)6-7-16-14(19)10-11-4-2-3-5-12(11)15/h2-5H,6-10,15H2,1H3,(H,16,19)(H,17,18). The number of hydrogen-bond donors (Lipinski definition) is 3. The maximum absolute atomic E-state index is 11.7. The maximum Gasteiger partial charge on any atom is 0.224 e. The summed E-state index contributed by atoms with van der Waals surface area (Å²) in [5.41, 5.74) is 7.14. The molecule has 0 aromatic heterocycles. The number of anilines is 1. The Kier molecular flexibility index (Phi) is 7.13. The number of nitrogens with one attached hydrogen (secondary N) is 2. The first-order valence-corrected chi connectivity index (χ1v) is 6.49. The maximum atomic E-state index is 11.7. The van der Waals surface area contributed by atoms with E-state index in [4.69, 9.17) is 10.5 Å². The second kappa shape index (κ2) is 8.92. The lowest BCUT2D eigenvalue weighted by Gasteiger charge is -2.07. The Morgan fingerprint density at radius 2 is 1.85 bits per heavy atom. The van der Waals surface area contributed by atoms with E-state index >= 15 is 0 Å². The lowest BCUT2D eigenvalue weighted by atomic mass is 10.1. The van der Waals surface area contributed by atoms with E-state index in [1.54, 1.807) is 13.2 Å².